The van der Waals surface area contributed by atoms with Crippen LogP contribution in [0.15, 0.2) is 41.6 Å². The quantitative estimate of drug-likeness (QED) is 0.337. The van der Waals surface area contributed by atoms with E-state index in [9.17, 15) is 13.2 Å². The van der Waals surface area contributed by atoms with Gasteiger partial charge in [-0.05, 0) is 48.9 Å². The van der Waals surface area contributed by atoms with Gasteiger partial charge < -0.3 is 15.3 Å². The Morgan fingerprint density at radius 1 is 1.25 bits per heavy atom. The zero-order valence-corrected chi connectivity index (χ0v) is 21.7. The Morgan fingerprint density at radius 3 is 2.72 bits per heavy atom. The van der Waals surface area contributed by atoms with E-state index in [2.05, 4.69) is 32.5 Å². The minimum absolute atomic E-state index is 0.243. The minimum atomic E-state index is -3.16. The van der Waals surface area contributed by atoms with E-state index in [1.807, 2.05) is 13.0 Å². The first kappa shape index (κ1) is 24.5. The van der Waals surface area contributed by atoms with E-state index in [4.69, 9.17) is 16.6 Å². The lowest BCUT2D eigenvalue weighted by Crippen LogP contribution is -2.37. The predicted molar refractivity (Wildman–Crippen MR) is 141 cm³/mol. The number of fused-ring (bicyclic) bond motifs is 1. The van der Waals surface area contributed by atoms with Crippen LogP contribution in [0.4, 0.5) is 5.69 Å². The molecule has 0 aliphatic carbocycles. The lowest BCUT2D eigenvalue weighted by atomic mass is 9.89. The van der Waals surface area contributed by atoms with Gasteiger partial charge in [0.1, 0.15) is 11.4 Å². The van der Waals surface area contributed by atoms with Gasteiger partial charge in [-0.15, -0.1) is 0 Å². The van der Waals surface area contributed by atoms with Crippen LogP contribution in [0.3, 0.4) is 0 Å². The Hall–Kier alpha value is -3.15. The molecule has 1 saturated heterocycles. The number of benzene rings is 1. The summed E-state index contributed by atoms with van der Waals surface area (Å²) in [6, 6.07) is 6.01. The van der Waals surface area contributed by atoms with E-state index in [-0.39, 0.29) is 11.5 Å². The number of aromatic nitrogens is 5. The average Bonchev–Trinajstić information content (AvgIpc) is 3.45. The molecule has 1 aliphatic heterocycles. The van der Waals surface area contributed by atoms with Crippen molar-refractivity contribution in [3.8, 4) is 11.4 Å². The van der Waals surface area contributed by atoms with Crippen molar-refractivity contribution in [3.63, 3.8) is 0 Å². The summed E-state index contributed by atoms with van der Waals surface area (Å²) < 4.78 is 27.0. The SMILES string of the molecule is Cc1cc(C2CCN(S(C)(=O)=O)CC2)cc2[nH]c(-c3c(NCCn4cc(Cl)cn4)cc[nH]c3=O)nc12. The van der Waals surface area contributed by atoms with E-state index < -0.39 is 10.0 Å². The number of piperidine rings is 1. The number of aromatic amines is 2. The minimum Gasteiger partial charge on any atom is -0.382 e. The van der Waals surface area contributed by atoms with Gasteiger partial charge in [0, 0.05) is 32.0 Å². The third-order valence-corrected chi connectivity index (χ3v) is 8.15. The Morgan fingerprint density at radius 2 is 2.03 bits per heavy atom. The fourth-order valence-corrected chi connectivity index (χ4v) is 5.85. The van der Waals surface area contributed by atoms with Gasteiger partial charge in [0.15, 0.2) is 0 Å². The van der Waals surface area contributed by atoms with Gasteiger partial charge in [0.2, 0.25) is 10.0 Å². The molecule has 4 heterocycles. The number of rotatable bonds is 7. The van der Waals surface area contributed by atoms with Crippen molar-refractivity contribution >= 4 is 38.3 Å². The second-order valence-corrected chi connectivity index (χ2v) is 11.6. The number of pyridine rings is 1. The van der Waals surface area contributed by atoms with Crippen LogP contribution in [0.5, 0.6) is 0 Å². The summed E-state index contributed by atoms with van der Waals surface area (Å²) in [5, 5.41) is 8.06. The maximum Gasteiger partial charge on any atom is 0.261 e. The number of halogens is 1. The van der Waals surface area contributed by atoms with Gasteiger partial charge >= 0.3 is 0 Å². The van der Waals surface area contributed by atoms with E-state index in [1.54, 1.807) is 27.6 Å². The predicted octanol–water partition coefficient (Wildman–Crippen LogP) is 3.33. The van der Waals surface area contributed by atoms with Gasteiger partial charge in [0.25, 0.3) is 5.56 Å². The standard InChI is InChI=1S/C24H28ClN7O3S/c1-15-11-17(16-4-8-32(9-5-16)36(2,34)35)12-20-22(15)30-23(29-20)21-19(3-6-27-24(21)33)26-7-10-31-14-18(25)13-28-31/h3,6,11-14,16H,4-5,7-10H2,1-2H3,(H,29,30)(H2,26,27,33). The zero-order valence-electron chi connectivity index (χ0n) is 20.1. The topological polar surface area (TPSA) is 129 Å². The zero-order chi connectivity index (χ0) is 25.4. The first-order chi connectivity index (χ1) is 17.2. The summed E-state index contributed by atoms with van der Waals surface area (Å²) in [6.07, 6.45) is 7.73. The van der Waals surface area contributed by atoms with Crippen LogP contribution in [-0.2, 0) is 16.6 Å². The highest BCUT2D eigenvalue weighted by Crippen LogP contribution is 2.33. The summed E-state index contributed by atoms with van der Waals surface area (Å²) >= 11 is 5.93. The lowest BCUT2D eigenvalue weighted by Gasteiger charge is -2.30. The summed E-state index contributed by atoms with van der Waals surface area (Å²) in [5.74, 6) is 0.759. The van der Waals surface area contributed by atoms with Crippen LogP contribution in [-0.4, -0.2) is 63.3 Å². The van der Waals surface area contributed by atoms with Crippen LogP contribution in [0, 0.1) is 6.92 Å². The van der Waals surface area contributed by atoms with Gasteiger partial charge in [0.05, 0.1) is 40.7 Å². The molecule has 0 amide bonds. The number of hydrogen-bond donors (Lipinski definition) is 3. The van der Waals surface area contributed by atoms with Crippen molar-refractivity contribution in [3.05, 3.63) is 63.3 Å². The molecule has 0 bridgehead atoms. The van der Waals surface area contributed by atoms with Crippen molar-refractivity contribution in [1.29, 1.82) is 0 Å². The number of aryl methyl sites for hydroxylation is 1. The number of anilines is 1. The Balaban J connectivity index is 1.40. The van der Waals surface area contributed by atoms with E-state index in [0.29, 0.717) is 48.3 Å². The molecule has 4 aromatic rings. The molecule has 0 unspecified atom stereocenters. The van der Waals surface area contributed by atoms with Gasteiger partial charge in [-0.2, -0.15) is 5.10 Å². The molecule has 10 nitrogen and oxygen atoms in total. The first-order valence-corrected chi connectivity index (χ1v) is 14.0. The number of hydrogen-bond acceptors (Lipinski definition) is 6. The molecule has 0 spiro atoms. The van der Waals surface area contributed by atoms with Gasteiger partial charge in [-0.3, -0.25) is 9.48 Å². The van der Waals surface area contributed by atoms with Crippen LogP contribution in [0.1, 0.15) is 29.9 Å². The number of imidazole rings is 1. The normalized spacial score (nSPS) is 15.5. The highest BCUT2D eigenvalue weighted by molar-refractivity contribution is 7.88. The summed E-state index contributed by atoms with van der Waals surface area (Å²) in [5.41, 5.74) is 4.69. The molecule has 3 N–H and O–H groups in total. The van der Waals surface area contributed by atoms with E-state index >= 15 is 0 Å². The third kappa shape index (κ3) is 5.04. The third-order valence-electron chi connectivity index (χ3n) is 6.65. The van der Waals surface area contributed by atoms with Crippen molar-refractivity contribution < 1.29 is 8.42 Å². The number of H-pyrrole nitrogens is 2. The number of nitrogens with zero attached hydrogens (tertiary/aromatic N) is 4. The van der Waals surface area contributed by atoms with Crippen molar-refractivity contribution in [2.45, 2.75) is 32.2 Å². The molecule has 1 aromatic carbocycles. The Bertz CT molecular complexity index is 1570. The number of nitrogens with one attached hydrogen (secondary N) is 3. The molecule has 36 heavy (non-hydrogen) atoms. The Kier molecular flexibility index (Phi) is 6.62. The molecule has 1 fully saturated rings. The van der Waals surface area contributed by atoms with Crippen LogP contribution < -0.4 is 10.9 Å². The lowest BCUT2D eigenvalue weighted by molar-refractivity contribution is 0.321. The molecule has 190 valence electrons. The molecule has 0 saturated carbocycles. The molecule has 3 aromatic heterocycles. The molecule has 5 rings (SSSR count). The average molecular weight is 530 g/mol. The second kappa shape index (κ2) is 9.72. The highest BCUT2D eigenvalue weighted by atomic mass is 35.5. The Labute approximate surface area is 213 Å². The smallest absolute Gasteiger partial charge is 0.261 e. The van der Waals surface area contributed by atoms with Gasteiger partial charge in [-0.25, -0.2) is 17.7 Å². The fraction of sp³-hybridized carbons (Fsp3) is 0.375. The largest absolute Gasteiger partial charge is 0.382 e. The molecule has 0 atom stereocenters. The summed E-state index contributed by atoms with van der Waals surface area (Å²) in [7, 11) is -3.16. The maximum absolute atomic E-state index is 12.8. The van der Waals surface area contributed by atoms with E-state index in [0.717, 1.165) is 35.0 Å². The second-order valence-electron chi connectivity index (χ2n) is 9.20. The molecule has 12 heteroatoms. The van der Waals surface area contributed by atoms with Crippen molar-refractivity contribution in [2.75, 3.05) is 31.2 Å². The maximum atomic E-state index is 12.8. The van der Waals surface area contributed by atoms with E-state index in [1.165, 1.54) is 6.26 Å². The molecular weight excluding hydrogens is 502 g/mol. The monoisotopic (exact) mass is 529 g/mol. The van der Waals surface area contributed by atoms with Crippen molar-refractivity contribution in [2.24, 2.45) is 0 Å². The first-order valence-electron chi connectivity index (χ1n) is 11.8. The van der Waals surface area contributed by atoms with Gasteiger partial charge in [-0.1, -0.05) is 17.7 Å². The highest BCUT2D eigenvalue weighted by Gasteiger charge is 2.26. The van der Waals surface area contributed by atoms with Crippen LogP contribution in [0.25, 0.3) is 22.4 Å². The van der Waals surface area contributed by atoms with Crippen LogP contribution >= 0.6 is 11.6 Å². The molecule has 0 radical (unpaired) electrons. The summed E-state index contributed by atoms with van der Waals surface area (Å²) in [4.78, 5) is 23.7. The number of sulfonamides is 1. The molecule has 1 aliphatic rings. The fourth-order valence-electron chi connectivity index (χ4n) is 4.82. The van der Waals surface area contributed by atoms with Crippen molar-refractivity contribution in [1.82, 2.24) is 29.0 Å². The molecular formula is C24H28ClN7O3S. The summed E-state index contributed by atoms with van der Waals surface area (Å²) in [6.45, 7) is 4.18. The van der Waals surface area contributed by atoms with Crippen LogP contribution in [0.2, 0.25) is 5.02 Å².